The number of likely N-dealkylation sites (tertiary alicyclic amines) is 1. The van der Waals surface area contributed by atoms with Gasteiger partial charge in [0.25, 0.3) is 0 Å². The molecule has 1 aromatic rings. The lowest BCUT2D eigenvalue weighted by Crippen LogP contribution is -2.36. The lowest BCUT2D eigenvalue weighted by atomic mass is 10.2. The predicted molar refractivity (Wildman–Crippen MR) is 66.3 cm³/mol. The first-order valence-corrected chi connectivity index (χ1v) is 6.57. The molecule has 7 nitrogen and oxygen atoms in total. The second-order valence-corrected chi connectivity index (χ2v) is 6.38. The maximum absolute atomic E-state index is 11.9. The van der Waals surface area contributed by atoms with Crippen LogP contribution in [0.5, 0.6) is 0 Å². The summed E-state index contributed by atoms with van der Waals surface area (Å²) in [4.78, 5) is 15.2. The molecule has 0 radical (unpaired) electrons. The van der Waals surface area contributed by atoms with E-state index in [-0.39, 0.29) is 6.09 Å². The fourth-order valence-electron chi connectivity index (χ4n) is 2.82. The summed E-state index contributed by atoms with van der Waals surface area (Å²) < 4.78 is 5.37. The number of nitrogens with zero attached hydrogens (tertiary/aromatic N) is 5. The van der Waals surface area contributed by atoms with Gasteiger partial charge in [0.2, 0.25) is 0 Å². The van der Waals surface area contributed by atoms with Crippen molar-refractivity contribution < 1.29 is 9.53 Å². The molecule has 2 heterocycles. The van der Waals surface area contributed by atoms with E-state index in [1.165, 1.54) is 4.80 Å². The van der Waals surface area contributed by atoms with E-state index in [0.717, 1.165) is 18.9 Å². The Morgan fingerprint density at radius 3 is 2.42 bits per heavy atom. The number of rotatable bonds is 1. The minimum absolute atomic E-state index is 0.217. The molecule has 1 saturated heterocycles. The molecule has 2 aliphatic rings. The lowest BCUT2D eigenvalue weighted by molar-refractivity contribution is 0.0270. The van der Waals surface area contributed by atoms with Crippen LogP contribution in [0.4, 0.5) is 4.79 Å². The fraction of sp³-hybridized carbons (Fsp3) is 0.833. The number of hydrogen-bond acceptors (Lipinski definition) is 5. The Hall–Kier alpha value is -1.66. The molecular weight excluding hydrogens is 246 g/mol. The van der Waals surface area contributed by atoms with E-state index in [9.17, 15) is 4.79 Å². The molecule has 104 valence electrons. The van der Waals surface area contributed by atoms with Crippen molar-refractivity contribution in [1.82, 2.24) is 25.1 Å². The van der Waals surface area contributed by atoms with Gasteiger partial charge in [-0.3, -0.25) is 0 Å². The monoisotopic (exact) mass is 265 g/mol. The van der Waals surface area contributed by atoms with Crippen LogP contribution in [0.1, 0.15) is 32.5 Å². The number of aryl methyl sites for hydroxylation is 1. The van der Waals surface area contributed by atoms with Crippen LogP contribution in [0.15, 0.2) is 0 Å². The third-order valence-corrected chi connectivity index (χ3v) is 3.67. The van der Waals surface area contributed by atoms with Crippen molar-refractivity contribution in [2.45, 2.75) is 32.3 Å². The van der Waals surface area contributed by atoms with Crippen LogP contribution in [0.25, 0.3) is 0 Å². The topological polar surface area (TPSA) is 73.1 Å². The summed E-state index contributed by atoms with van der Waals surface area (Å²) in [5, 5.41) is 12.2. The van der Waals surface area contributed by atoms with E-state index in [0.29, 0.717) is 17.8 Å². The van der Waals surface area contributed by atoms with Gasteiger partial charge in [-0.1, -0.05) is 0 Å². The molecule has 0 unspecified atom stereocenters. The first-order valence-electron chi connectivity index (χ1n) is 6.57. The summed E-state index contributed by atoms with van der Waals surface area (Å²) >= 11 is 0. The van der Waals surface area contributed by atoms with Gasteiger partial charge < -0.3 is 9.64 Å². The number of amides is 1. The second-order valence-electron chi connectivity index (χ2n) is 6.38. The first kappa shape index (κ1) is 12.4. The van der Waals surface area contributed by atoms with E-state index in [2.05, 4.69) is 15.4 Å². The Morgan fingerprint density at radius 2 is 1.95 bits per heavy atom. The average Bonchev–Trinajstić information content (AvgIpc) is 2.67. The average molecular weight is 265 g/mol. The third-order valence-electron chi connectivity index (χ3n) is 3.67. The van der Waals surface area contributed by atoms with Crippen LogP contribution in [-0.2, 0) is 11.8 Å². The van der Waals surface area contributed by atoms with Gasteiger partial charge in [0.05, 0.1) is 7.05 Å². The summed E-state index contributed by atoms with van der Waals surface area (Å²) in [6, 6.07) is 0. The van der Waals surface area contributed by atoms with Crippen LogP contribution < -0.4 is 0 Å². The van der Waals surface area contributed by atoms with Gasteiger partial charge in [0.15, 0.2) is 5.82 Å². The molecule has 19 heavy (non-hydrogen) atoms. The highest BCUT2D eigenvalue weighted by molar-refractivity contribution is 5.69. The maximum Gasteiger partial charge on any atom is 0.410 e. The quantitative estimate of drug-likeness (QED) is 0.750. The lowest BCUT2D eigenvalue weighted by Gasteiger charge is -2.25. The number of piperidine rings is 1. The standard InChI is InChI=1S/C12H19N5O2/c1-12(2,3)19-11(18)17-5-7-8(6-17)9(7)10-13-15-16(4)14-10/h7-9H,5-6H2,1-4H3/t7-,8+,9+. The van der Waals surface area contributed by atoms with Crippen LogP contribution in [0, 0.1) is 11.8 Å². The smallest absolute Gasteiger partial charge is 0.410 e. The molecule has 1 aliphatic carbocycles. The third kappa shape index (κ3) is 2.29. The molecule has 2 fully saturated rings. The van der Waals surface area contributed by atoms with Crippen molar-refractivity contribution in [3.63, 3.8) is 0 Å². The minimum Gasteiger partial charge on any atom is -0.444 e. The van der Waals surface area contributed by atoms with Gasteiger partial charge >= 0.3 is 6.09 Å². The largest absolute Gasteiger partial charge is 0.444 e. The number of hydrogen-bond donors (Lipinski definition) is 0. The van der Waals surface area contributed by atoms with Crippen molar-refractivity contribution in [3.8, 4) is 0 Å². The zero-order chi connectivity index (χ0) is 13.8. The zero-order valence-corrected chi connectivity index (χ0v) is 11.7. The van der Waals surface area contributed by atoms with E-state index >= 15 is 0 Å². The number of carbonyl (C=O) groups excluding carboxylic acids is 1. The zero-order valence-electron chi connectivity index (χ0n) is 11.7. The molecule has 1 aromatic heterocycles. The van der Waals surface area contributed by atoms with Crippen molar-refractivity contribution in [2.75, 3.05) is 13.1 Å². The van der Waals surface area contributed by atoms with Crippen molar-refractivity contribution >= 4 is 6.09 Å². The highest BCUT2D eigenvalue weighted by atomic mass is 16.6. The Bertz CT molecular complexity index is 494. The van der Waals surface area contributed by atoms with Crippen LogP contribution >= 0.6 is 0 Å². The predicted octanol–water partition coefficient (Wildman–Crippen LogP) is 0.790. The van der Waals surface area contributed by atoms with Gasteiger partial charge in [-0.15, -0.1) is 10.2 Å². The van der Waals surface area contributed by atoms with Crippen molar-refractivity contribution in [3.05, 3.63) is 5.82 Å². The molecule has 1 aliphatic heterocycles. The fourth-order valence-corrected chi connectivity index (χ4v) is 2.82. The summed E-state index contributed by atoms with van der Waals surface area (Å²) in [6.45, 7) is 7.13. The molecule has 0 spiro atoms. The van der Waals surface area contributed by atoms with Gasteiger partial charge in [-0.05, 0) is 37.8 Å². The van der Waals surface area contributed by atoms with Gasteiger partial charge in [0, 0.05) is 19.0 Å². The summed E-state index contributed by atoms with van der Waals surface area (Å²) in [5.41, 5.74) is -0.435. The highest BCUT2D eigenvalue weighted by Crippen LogP contribution is 2.57. The molecule has 7 heteroatoms. The van der Waals surface area contributed by atoms with E-state index in [1.807, 2.05) is 20.8 Å². The SMILES string of the molecule is Cn1nnc([C@H]2[C@@H]3CN(C(=O)OC(C)(C)C)C[C@@H]32)n1. The Kier molecular flexibility index (Phi) is 2.55. The molecular formula is C12H19N5O2. The van der Waals surface area contributed by atoms with E-state index in [1.54, 1.807) is 11.9 Å². The van der Waals surface area contributed by atoms with E-state index in [4.69, 9.17) is 4.74 Å². The normalized spacial score (nSPS) is 29.3. The number of ether oxygens (including phenoxy) is 1. The molecule has 3 rings (SSSR count). The summed E-state index contributed by atoms with van der Waals surface area (Å²) in [5.74, 6) is 2.11. The molecule has 0 bridgehead atoms. The van der Waals surface area contributed by atoms with Crippen molar-refractivity contribution in [1.29, 1.82) is 0 Å². The van der Waals surface area contributed by atoms with Gasteiger partial charge in [0.1, 0.15) is 5.60 Å². The van der Waals surface area contributed by atoms with Crippen LogP contribution in [-0.4, -0.2) is 49.9 Å². The highest BCUT2D eigenvalue weighted by Gasteiger charge is 2.59. The van der Waals surface area contributed by atoms with Crippen molar-refractivity contribution in [2.24, 2.45) is 18.9 Å². The van der Waals surface area contributed by atoms with Gasteiger partial charge in [-0.2, -0.15) is 4.80 Å². The number of tetrazole rings is 1. The molecule has 1 saturated carbocycles. The molecule has 0 N–H and O–H groups in total. The summed E-state index contributed by atoms with van der Waals surface area (Å²) in [6.07, 6.45) is -0.217. The second kappa shape index (κ2) is 3.91. The Balaban J connectivity index is 1.57. The number of fused-ring (bicyclic) bond motifs is 1. The molecule has 0 aromatic carbocycles. The van der Waals surface area contributed by atoms with Gasteiger partial charge in [-0.25, -0.2) is 4.79 Å². The minimum atomic E-state index is -0.435. The summed E-state index contributed by atoms with van der Waals surface area (Å²) in [7, 11) is 1.77. The van der Waals surface area contributed by atoms with Crippen LogP contribution in [0.3, 0.4) is 0 Å². The molecule has 3 atom stereocenters. The van der Waals surface area contributed by atoms with Crippen LogP contribution in [0.2, 0.25) is 0 Å². The number of carbonyl (C=O) groups is 1. The Labute approximate surface area is 111 Å². The molecule has 1 amide bonds. The Morgan fingerprint density at radius 1 is 1.32 bits per heavy atom. The maximum atomic E-state index is 11.9. The van der Waals surface area contributed by atoms with E-state index < -0.39 is 5.60 Å². The first-order chi connectivity index (χ1) is 8.85. The number of aromatic nitrogens is 4.